The summed E-state index contributed by atoms with van der Waals surface area (Å²) in [5, 5.41) is 13.2. The molecule has 0 aromatic heterocycles. The molecular formula is C15H27NO3. The summed E-state index contributed by atoms with van der Waals surface area (Å²) in [7, 11) is 0. The first kappa shape index (κ1) is 14.8. The van der Waals surface area contributed by atoms with E-state index >= 15 is 0 Å². The standard InChI is InChI=1S/C15H27NO3/c1-11(2)14-12(5-8-19-14)10-16-13(17)9-15(18)6-3-4-7-15/h11-12,14,18H,3-10H2,1-2H3,(H,16,17)/t12-,14-/m1/s1. The minimum Gasteiger partial charge on any atom is -0.389 e. The van der Waals surface area contributed by atoms with Gasteiger partial charge >= 0.3 is 0 Å². The van der Waals surface area contributed by atoms with E-state index in [9.17, 15) is 9.90 Å². The summed E-state index contributed by atoms with van der Waals surface area (Å²) < 4.78 is 5.71. The van der Waals surface area contributed by atoms with Gasteiger partial charge in [0.1, 0.15) is 0 Å². The topological polar surface area (TPSA) is 58.6 Å². The molecule has 1 amide bonds. The summed E-state index contributed by atoms with van der Waals surface area (Å²) in [5.41, 5.74) is -0.742. The monoisotopic (exact) mass is 269 g/mol. The first-order chi connectivity index (χ1) is 9.00. The molecule has 4 heteroatoms. The van der Waals surface area contributed by atoms with Crippen LogP contribution in [-0.2, 0) is 9.53 Å². The Morgan fingerprint density at radius 3 is 2.74 bits per heavy atom. The van der Waals surface area contributed by atoms with Crippen molar-refractivity contribution in [2.24, 2.45) is 11.8 Å². The van der Waals surface area contributed by atoms with Crippen molar-refractivity contribution in [2.45, 2.75) is 64.1 Å². The Labute approximate surface area is 115 Å². The third-order valence-electron chi connectivity index (χ3n) is 4.51. The maximum atomic E-state index is 11.9. The van der Waals surface area contributed by atoms with Crippen LogP contribution in [0.4, 0.5) is 0 Å². The average molecular weight is 269 g/mol. The van der Waals surface area contributed by atoms with Gasteiger partial charge in [0.05, 0.1) is 18.1 Å². The number of amides is 1. The van der Waals surface area contributed by atoms with Gasteiger partial charge in [-0.25, -0.2) is 0 Å². The molecule has 1 aliphatic heterocycles. The lowest BCUT2D eigenvalue weighted by Crippen LogP contribution is -2.39. The average Bonchev–Trinajstić information content (AvgIpc) is 2.95. The molecule has 19 heavy (non-hydrogen) atoms. The molecule has 0 spiro atoms. The molecular weight excluding hydrogens is 242 g/mol. The van der Waals surface area contributed by atoms with E-state index in [4.69, 9.17) is 4.74 Å². The van der Waals surface area contributed by atoms with E-state index < -0.39 is 5.60 Å². The van der Waals surface area contributed by atoms with E-state index in [1.165, 1.54) is 0 Å². The van der Waals surface area contributed by atoms with Crippen molar-refractivity contribution in [1.29, 1.82) is 0 Å². The predicted molar refractivity (Wildman–Crippen MR) is 73.7 cm³/mol. The van der Waals surface area contributed by atoms with E-state index in [2.05, 4.69) is 19.2 Å². The number of carbonyl (C=O) groups excluding carboxylic acids is 1. The Kier molecular flexibility index (Phi) is 4.85. The summed E-state index contributed by atoms with van der Waals surface area (Å²) in [5.74, 6) is 0.893. The highest BCUT2D eigenvalue weighted by atomic mass is 16.5. The normalized spacial score (nSPS) is 29.9. The summed E-state index contributed by atoms with van der Waals surface area (Å²) in [4.78, 5) is 11.9. The highest BCUT2D eigenvalue weighted by Crippen LogP contribution is 2.32. The van der Waals surface area contributed by atoms with Gasteiger partial charge in [-0.15, -0.1) is 0 Å². The molecule has 1 heterocycles. The highest BCUT2D eigenvalue weighted by Gasteiger charge is 2.34. The fourth-order valence-corrected chi connectivity index (χ4v) is 3.43. The summed E-state index contributed by atoms with van der Waals surface area (Å²) in [6.45, 7) is 5.79. The van der Waals surface area contributed by atoms with Gasteiger partial charge in [-0.2, -0.15) is 0 Å². The first-order valence-electron chi connectivity index (χ1n) is 7.61. The van der Waals surface area contributed by atoms with Crippen molar-refractivity contribution < 1.29 is 14.6 Å². The van der Waals surface area contributed by atoms with Gasteiger partial charge in [-0.05, 0) is 25.2 Å². The van der Waals surface area contributed by atoms with Gasteiger partial charge in [-0.1, -0.05) is 26.7 Å². The Hall–Kier alpha value is -0.610. The molecule has 0 aromatic rings. The molecule has 2 N–H and O–H groups in total. The Bertz CT molecular complexity index is 311. The second kappa shape index (κ2) is 6.23. The third kappa shape index (κ3) is 3.93. The lowest BCUT2D eigenvalue weighted by atomic mass is 9.92. The molecule has 110 valence electrons. The molecule has 2 rings (SSSR count). The van der Waals surface area contributed by atoms with Crippen molar-refractivity contribution in [3.05, 3.63) is 0 Å². The molecule has 2 aliphatic rings. The summed E-state index contributed by atoms with van der Waals surface area (Å²) >= 11 is 0. The SMILES string of the molecule is CC(C)[C@H]1OCC[C@@H]1CNC(=O)CC1(O)CCCC1. The van der Waals surface area contributed by atoms with Crippen LogP contribution >= 0.6 is 0 Å². The molecule has 0 aromatic carbocycles. The molecule has 0 radical (unpaired) electrons. The zero-order chi connectivity index (χ0) is 13.9. The number of hydrogen-bond donors (Lipinski definition) is 2. The fraction of sp³-hybridized carbons (Fsp3) is 0.933. The molecule has 2 fully saturated rings. The van der Waals surface area contributed by atoms with Crippen LogP contribution in [0.2, 0.25) is 0 Å². The van der Waals surface area contributed by atoms with Crippen LogP contribution in [0.1, 0.15) is 52.4 Å². The number of aliphatic hydroxyl groups is 1. The van der Waals surface area contributed by atoms with Gasteiger partial charge in [0, 0.05) is 19.1 Å². The molecule has 0 bridgehead atoms. The van der Waals surface area contributed by atoms with Gasteiger partial charge in [-0.3, -0.25) is 4.79 Å². The Morgan fingerprint density at radius 1 is 1.42 bits per heavy atom. The molecule has 2 atom stereocenters. The van der Waals surface area contributed by atoms with Crippen LogP contribution in [0, 0.1) is 11.8 Å². The van der Waals surface area contributed by atoms with E-state index in [0.29, 0.717) is 18.4 Å². The number of carbonyl (C=O) groups is 1. The predicted octanol–water partition coefficient (Wildman–Crippen LogP) is 1.86. The molecule has 1 saturated heterocycles. The van der Waals surface area contributed by atoms with E-state index in [1.54, 1.807) is 0 Å². The summed E-state index contributed by atoms with van der Waals surface area (Å²) in [6.07, 6.45) is 5.14. The van der Waals surface area contributed by atoms with Gasteiger partial charge in [0.2, 0.25) is 5.91 Å². The zero-order valence-electron chi connectivity index (χ0n) is 12.2. The Morgan fingerprint density at radius 2 is 2.11 bits per heavy atom. The van der Waals surface area contributed by atoms with Gasteiger partial charge < -0.3 is 15.2 Å². The maximum Gasteiger partial charge on any atom is 0.222 e. The lowest BCUT2D eigenvalue weighted by Gasteiger charge is -2.24. The zero-order valence-corrected chi connectivity index (χ0v) is 12.2. The molecule has 0 unspecified atom stereocenters. The second-order valence-corrected chi connectivity index (χ2v) is 6.54. The van der Waals surface area contributed by atoms with Crippen molar-refractivity contribution in [2.75, 3.05) is 13.2 Å². The Balaban J connectivity index is 1.74. The van der Waals surface area contributed by atoms with Gasteiger partial charge in [0.15, 0.2) is 0 Å². The molecule has 1 saturated carbocycles. The van der Waals surface area contributed by atoms with E-state index in [1.807, 2.05) is 0 Å². The van der Waals surface area contributed by atoms with E-state index in [0.717, 1.165) is 38.7 Å². The van der Waals surface area contributed by atoms with Crippen molar-refractivity contribution in [3.63, 3.8) is 0 Å². The van der Waals surface area contributed by atoms with Crippen LogP contribution < -0.4 is 5.32 Å². The lowest BCUT2D eigenvalue weighted by molar-refractivity contribution is -0.126. The number of hydrogen-bond acceptors (Lipinski definition) is 3. The smallest absolute Gasteiger partial charge is 0.222 e. The molecule has 1 aliphatic carbocycles. The van der Waals surface area contributed by atoms with Crippen LogP contribution in [-0.4, -0.2) is 35.9 Å². The largest absolute Gasteiger partial charge is 0.389 e. The molecule has 4 nitrogen and oxygen atoms in total. The van der Waals surface area contributed by atoms with Crippen LogP contribution in [0.3, 0.4) is 0 Å². The number of rotatable bonds is 5. The first-order valence-corrected chi connectivity index (χ1v) is 7.61. The maximum absolute atomic E-state index is 11.9. The number of ether oxygens (including phenoxy) is 1. The van der Waals surface area contributed by atoms with E-state index in [-0.39, 0.29) is 18.4 Å². The number of nitrogens with one attached hydrogen (secondary N) is 1. The van der Waals surface area contributed by atoms with Crippen molar-refractivity contribution >= 4 is 5.91 Å². The fourth-order valence-electron chi connectivity index (χ4n) is 3.43. The summed E-state index contributed by atoms with van der Waals surface area (Å²) in [6, 6.07) is 0. The minimum atomic E-state index is -0.742. The van der Waals surface area contributed by atoms with Crippen LogP contribution in [0.5, 0.6) is 0 Å². The quantitative estimate of drug-likeness (QED) is 0.801. The third-order valence-corrected chi connectivity index (χ3v) is 4.51. The van der Waals surface area contributed by atoms with Crippen molar-refractivity contribution in [3.8, 4) is 0 Å². The minimum absolute atomic E-state index is 0.0150. The van der Waals surface area contributed by atoms with Gasteiger partial charge in [0.25, 0.3) is 0 Å². The van der Waals surface area contributed by atoms with Crippen molar-refractivity contribution in [1.82, 2.24) is 5.32 Å². The van der Waals surface area contributed by atoms with Crippen LogP contribution in [0.15, 0.2) is 0 Å². The highest BCUT2D eigenvalue weighted by molar-refractivity contribution is 5.77. The second-order valence-electron chi connectivity index (χ2n) is 6.54. The van der Waals surface area contributed by atoms with Crippen LogP contribution in [0.25, 0.3) is 0 Å².